The normalized spacial score (nSPS) is 13.6. The average molecular weight is 233 g/mol. The molecular formula is C16H27N. The Morgan fingerprint density at radius 1 is 1.12 bits per heavy atom. The molecule has 1 atom stereocenters. The van der Waals surface area contributed by atoms with Crippen molar-refractivity contribution >= 4 is 0 Å². The van der Waals surface area contributed by atoms with Gasteiger partial charge in [0.05, 0.1) is 0 Å². The molecular weight excluding hydrogens is 206 g/mol. The molecule has 0 spiro atoms. The van der Waals surface area contributed by atoms with Crippen LogP contribution in [0.25, 0.3) is 0 Å². The van der Waals surface area contributed by atoms with Crippen molar-refractivity contribution in [2.45, 2.75) is 58.4 Å². The van der Waals surface area contributed by atoms with E-state index in [9.17, 15) is 0 Å². The summed E-state index contributed by atoms with van der Waals surface area (Å²) < 4.78 is 0. The van der Waals surface area contributed by atoms with Crippen molar-refractivity contribution < 1.29 is 0 Å². The fourth-order valence-electron chi connectivity index (χ4n) is 2.44. The standard InChI is InChI=1S/C16H27N/c1-5-7-13-15(17-6-2)16(3,4)14-11-9-8-10-12-14/h8-12,15,17H,5-7,13H2,1-4H3. The first-order valence-corrected chi connectivity index (χ1v) is 6.91. The minimum absolute atomic E-state index is 0.201. The van der Waals surface area contributed by atoms with Crippen molar-refractivity contribution in [3.05, 3.63) is 35.9 Å². The fraction of sp³-hybridized carbons (Fsp3) is 0.625. The highest BCUT2D eigenvalue weighted by Gasteiger charge is 2.29. The zero-order chi connectivity index (χ0) is 12.7. The van der Waals surface area contributed by atoms with E-state index in [1.54, 1.807) is 0 Å². The van der Waals surface area contributed by atoms with Crippen LogP contribution in [-0.4, -0.2) is 12.6 Å². The number of hydrogen-bond acceptors (Lipinski definition) is 1. The Balaban J connectivity index is 2.83. The summed E-state index contributed by atoms with van der Waals surface area (Å²) in [5, 5.41) is 3.66. The number of unbranched alkanes of at least 4 members (excludes halogenated alkanes) is 1. The Labute approximate surface area is 107 Å². The van der Waals surface area contributed by atoms with Crippen molar-refractivity contribution in [2.24, 2.45) is 0 Å². The van der Waals surface area contributed by atoms with Crippen LogP contribution in [-0.2, 0) is 5.41 Å². The van der Waals surface area contributed by atoms with Gasteiger partial charge in [0.15, 0.2) is 0 Å². The fourth-order valence-corrected chi connectivity index (χ4v) is 2.44. The number of benzene rings is 1. The quantitative estimate of drug-likeness (QED) is 0.746. The van der Waals surface area contributed by atoms with Crippen LogP contribution in [0, 0.1) is 0 Å². The molecule has 0 radical (unpaired) electrons. The summed E-state index contributed by atoms with van der Waals surface area (Å²) in [5.74, 6) is 0. The zero-order valence-electron chi connectivity index (χ0n) is 11.8. The third-order valence-corrected chi connectivity index (χ3v) is 3.69. The van der Waals surface area contributed by atoms with Gasteiger partial charge in [-0.15, -0.1) is 0 Å². The van der Waals surface area contributed by atoms with Crippen LogP contribution in [0.3, 0.4) is 0 Å². The molecule has 0 fully saturated rings. The summed E-state index contributed by atoms with van der Waals surface area (Å²) in [6.45, 7) is 10.2. The van der Waals surface area contributed by atoms with E-state index in [0.717, 1.165) is 6.54 Å². The lowest BCUT2D eigenvalue weighted by atomic mass is 9.76. The number of hydrogen-bond donors (Lipinski definition) is 1. The number of nitrogens with one attached hydrogen (secondary N) is 1. The Hall–Kier alpha value is -0.820. The van der Waals surface area contributed by atoms with Crippen molar-refractivity contribution in [3.8, 4) is 0 Å². The van der Waals surface area contributed by atoms with Crippen LogP contribution in [0.15, 0.2) is 30.3 Å². The minimum atomic E-state index is 0.201. The van der Waals surface area contributed by atoms with E-state index >= 15 is 0 Å². The predicted molar refractivity (Wildman–Crippen MR) is 76.5 cm³/mol. The first-order valence-electron chi connectivity index (χ1n) is 6.91. The van der Waals surface area contributed by atoms with Gasteiger partial charge in [0.2, 0.25) is 0 Å². The largest absolute Gasteiger partial charge is 0.313 e. The molecule has 1 unspecified atom stereocenters. The van der Waals surface area contributed by atoms with Crippen LogP contribution in [0.1, 0.15) is 52.5 Å². The van der Waals surface area contributed by atoms with Crippen LogP contribution in [0.4, 0.5) is 0 Å². The van der Waals surface area contributed by atoms with E-state index in [4.69, 9.17) is 0 Å². The summed E-state index contributed by atoms with van der Waals surface area (Å²) in [6.07, 6.45) is 3.83. The van der Waals surface area contributed by atoms with Gasteiger partial charge in [0.25, 0.3) is 0 Å². The molecule has 0 aliphatic rings. The van der Waals surface area contributed by atoms with Crippen molar-refractivity contribution in [1.29, 1.82) is 0 Å². The number of likely N-dealkylation sites (N-methyl/N-ethyl adjacent to an activating group) is 1. The molecule has 0 aromatic heterocycles. The second kappa shape index (κ2) is 6.80. The van der Waals surface area contributed by atoms with Gasteiger partial charge >= 0.3 is 0 Å². The molecule has 1 rings (SSSR count). The zero-order valence-corrected chi connectivity index (χ0v) is 11.8. The lowest BCUT2D eigenvalue weighted by Gasteiger charge is -2.35. The van der Waals surface area contributed by atoms with E-state index in [0.29, 0.717) is 6.04 Å². The van der Waals surface area contributed by atoms with Gasteiger partial charge < -0.3 is 5.32 Å². The first-order chi connectivity index (χ1) is 8.12. The molecule has 0 saturated heterocycles. The smallest absolute Gasteiger partial charge is 0.0159 e. The highest BCUT2D eigenvalue weighted by molar-refractivity contribution is 5.25. The maximum absolute atomic E-state index is 3.66. The molecule has 1 aromatic rings. The molecule has 0 saturated carbocycles. The molecule has 0 aliphatic heterocycles. The monoisotopic (exact) mass is 233 g/mol. The van der Waals surface area contributed by atoms with Crippen molar-refractivity contribution in [2.75, 3.05) is 6.54 Å². The molecule has 1 heteroatoms. The lowest BCUT2D eigenvalue weighted by Crippen LogP contribution is -2.44. The summed E-state index contributed by atoms with van der Waals surface area (Å²) in [6, 6.07) is 11.4. The summed E-state index contributed by atoms with van der Waals surface area (Å²) >= 11 is 0. The Morgan fingerprint density at radius 3 is 2.29 bits per heavy atom. The Bertz CT molecular complexity index is 303. The van der Waals surface area contributed by atoms with Gasteiger partial charge in [-0.3, -0.25) is 0 Å². The van der Waals surface area contributed by atoms with Gasteiger partial charge in [-0.25, -0.2) is 0 Å². The van der Waals surface area contributed by atoms with Gasteiger partial charge in [0, 0.05) is 11.5 Å². The van der Waals surface area contributed by atoms with E-state index in [1.807, 2.05) is 0 Å². The van der Waals surface area contributed by atoms with E-state index < -0.39 is 0 Å². The maximum Gasteiger partial charge on any atom is 0.0159 e. The van der Waals surface area contributed by atoms with E-state index in [-0.39, 0.29) is 5.41 Å². The second-order valence-electron chi connectivity index (χ2n) is 5.34. The Kier molecular flexibility index (Phi) is 5.70. The summed E-state index contributed by atoms with van der Waals surface area (Å²) in [5.41, 5.74) is 1.63. The van der Waals surface area contributed by atoms with Gasteiger partial charge in [-0.1, -0.05) is 70.9 Å². The van der Waals surface area contributed by atoms with Crippen LogP contribution in [0.5, 0.6) is 0 Å². The average Bonchev–Trinajstić information content (AvgIpc) is 2.35. The van der Waals surface area contributed by atoms with Crippen LogP contribution in [0.2, 0.25) is 0 Å². The summed E-state index contributed by atoms with van der Waals surface area (Å²) in [7, 11) is 0. The SMILES string of the molecule is CCCCC(NCC)C(C)(C)c1ccccc1. The second-order valence-corrected chi connectivity index (χ2v) is 5.34. The Morgan fingerprint density at radius 2 is 1.76 bits per heavy atom. The van der Waals surface area contributed by atoms with Crippen LogP contribution < -0.4 is 5.32 Å². The molecule has 1 aromatic carbocycles. The maximum atomic E-state index is 3.66. The molecule has 17 heavy (non-hydrogen) atoms. The minimum Gasteiger partial charge on any atom is -0.313 e. The third-order valence-electron chi connectivity index (χ3n) is 3.69. The molecule has 1 nitrogen and oxygen atoms in total. The third kappa shape index (κ3) is 3.85. The number of rotatable bonds is 7. The highest BCUT2D eigenvalue weighted by atomic mass is 14.9. The molecule has 1 N–H and O–H groups in total. The molecule has 0 aliphatic carbocycles. The van der Waals surface area contributed by atoms with Crippen LogP contribution >= 0.6 is 0 Å². The van der Waals surface area contributed by atoms with Crippen molar-refractivity contribution in [3.63, 3.8) is 0 Å². The highest BCUT2D eigenvalue weighted by Crippen LogP contribution is 2.29. The topological polar surface area (TPSA) is 12.0 Å². The van der Waals surface area contributed by atoms with Gasteiger partial charge in [0.1, 0.15) is 0 Å². The molecule has 0 amide bonds. The molecule has 96 valence electrons. The molecule has 0 bridgehead atoms. The lowest BCUT2D eigenvalue weighted by molar-refractivity contribution is 0.320. The van der Waals surface area contributed by atoms with E-state index in [1.165, 1.54) is 24.8 Å². The first kappa shape index (κ1) is 14.2. The van der Waals surface area contributed by atoms with Gasteiger partial charge in [-0.2, -0.15) is 0 Å². The van der Waals surface area contributed by atoms with Gasteiger partial charge in [-0.05, 0) is 18.5 Å². The summed E-state index contributed by atoms with van der Waals surface area (Å²) in [4.78, 5) is 0. The predicted octanol–water partition coefficient (Wildman–Crippen LogP) is 4.13. The van der Waals surface area contributed by atoms with Crippen molar-refractivity contribution in [1.82, 2.24) is 5.32 Å². The molecule has 0 heterocycles. The van der Waals surface area contributed by atoms with E-state index in [2.05, 4.69) is 63.3 Å².